The molecule has 0 fully saturated rings. The summed E-state index contributed by atoms with van der Waals surface area (Å²) < 4.78 is 10.0. The monoisotopic (exact) mass is 378 g/mol. The lowest BCUT2D eigenvalue weighted by Crippen LogP contribution is -2.34. The third-order valence-corrected chi connectivity index (χ3v) is 3.58. The highest BCUT2D eigenvalue weighted by molar-refractivity contribution is 5.81. The van der Waals surface area contributed by atoms with Crippen LogP contribution >= 0.6 is 0 Å². The van der Waals surface area contributed by atoms with Gasteiger partial charge in [0, 0.05) is 6.54 Å². The Balaban J connectivity index is 2.31. The minimum absolute atomic E-state index is 0.0400. The second kappa shape index (κ2) is 10.5. The molecule has 150 valence electrons. The van der Waals surface area contributed by atoms with Crippen molar-refractivity contribution in [1.82, 2.24) is 10.6 Å². The Morgan fingerprint density at radius 3 is 2.30 bits per heavy atom. The van der Waals surface area contributed by atoms with Crippen molar-refractivity contribution in [2.24, 2.45) is 0 Å². The average molecular weight is 378 g/mol. The van der Waals surface area contributed by atoms with Crippen LogP contribution in [0.1, 0.15) is 57.7 Å². The van der Waals surface area contributed by atoms with E-state index in [0.717, 1.165) is 17.5 Å². The summed E-state index contributed by atoms with van der Waals surface area (Å²) in [5.74, 6) is -0.930. The number of nitrogens with one attached hydrogen (secondary N) is 2. The summed E-state index contributed by atoms with van der Waals surface area (Å²) >= 11 is 0. The van der Waals surface area contributed by atoms with Gasteiger partial charge in [-0.1, -0.05) is 36.8 Å². The second-order valence-corrected chi connectivity index (χ2v) is 7.28. The first-order valence-corrected chi connectivity index (χ1v) is 9.09. The van der Waals surface area contributed by atoms with Gasteiger partial charge in [-0.25, -0.2) is 4.79 Å². The number of rotatable bonds is 8. The Morgan fingerprint density at radius 1 is 1.11 bits per heavy atom. The van der Waals surface area contributed by atoms with Crippen LogP contribution in [0.5, 0.6) is 0 Å². The van der Waals surface area contributed by atoms with Crippen LogP contribution in [0.15, 0.2) is 24.3 Å². The van der Waals surface area contributed by atoms with Crippen LogP contribution in [-0.4, -0.2) is 36.7 Å². The number of esters is 1. The Labute approximate surface area is 160 Å². The molecular formula is C20H30N2O5. The van der Waals surface area contributed by atoms with Gasteiger partial charge in [0.15, 0.2) is 6.61 Å². The zero-order chi connectivity index (χ0) is 20.4. The van der Waals surface area contributed by atoms with Crippen molar-refractivity contribution in [2.45, 2.75) is 59.1 Å². The molecule has 1 rings (SSSR count). The molecule has 7 heteroatoms. The molecule has 0 saturated carbocycles. The van der Waals surface area contributed by atoms with Crippen LogP contribution in [0.3, 0.4) is 0 Å². The van der Waals surface area contributed by atoms with Crippen molar-refractivity contribution >= 4 is 18.0 Å². The van der Waals surface area contributed by atoms with Gasteiger partial charge in [0.2, 0.25) is 0 Å². The molecular weight excluding hydrogens is 348 g/mol. The number of ether oxygens (including phenoxy) is 2. The van der Waals surface area contributed by atoms with Gasteiger partial charge in [0.25, 0.3) is 5.91 Å². The molecule has 27 heavy (non-hydrogen) atoms. The molecule has 0 aromatic heterocycles. The summed E-state index contributed by atoms with van der Waals surface area (Å²) in [5.41, 5.74) is 1.55. The number of carbonyl (C=O) groups is 3. The highest BCUT2D eigenvalue weighted by atomic mass is 16.6. The minimum atomic E-state index is -0.601. The number of hydrogen-bond acceptors (Lipinski definition) is 5. The molecule has 0 spiro atoms. The molecule has 0 bridgehead atoms. The Kier molecular flexibility index (Phi) is 8.78. The summed E-state index contributed by atoms with van der Waals surface area (Å²) in [6.45, 7) is 8.95. The van der Waals surface area contributed by atoms with Gasteiger partial charge < -0.3 is 20.1 Å². The lowest BCUT2D eigenvalue weighted by atomic mass is 10.0. The van der Waals surface area contributed by atoms with Gasteiger partial charge >= 0.3 is 12.1 Å². The van der Waals surface area contributed by atoms with Crippen LogP contribution in [0.4, 0.5) is 4.79 Å². The molecule has 0 aliphatic heterocycles. The SMILES string of the molecule is CC[C@@H](NC(=O)COC(=O)CCNC(=O)OC(C)(C)C)c1ccc(C)cc1. The first kappa shape index (κ1) is 22.5. The number of amides is 2. The van der Waals surface area contributed by atoms with Crippen LogP contribution in [-0.2, 0) is 19.1 Å². The Hall–Kier alpha value is -2.57. The molecule has 0 heterocycles. The van der Waals surface area contributed by atoms with E-state index in [1.165, 1.54) is 0 Å². The summed E-state index contributed by atoms with van der Waals surface area (Å²) in [6.07, 6.45) is 0.0847. The molecule has 1 atom stereocenters. The Morgan fingerprint density at radius 2 is 1.74 bits per heavy atom. The van der Waals surface area contributed by atoms with Crippen molar-refractivity contribution < 1.29 is 23.9 Å². The minimum Gasteiger partial charge on any atom is -0.456 e. The first-order valence-electron chi connectivity index (χ1n) is 9.09. The highest BCUT2D eigenvalue weighted by Gasteiger charge is 2.17. The fourth-order valence-electron chi connectivity index (χ4n) is 2.25. The number of aryl methyl sites for hydroxylation is 1. The molecule has 2 amide bonds. The van der Waals surface area contributed by atoms with Crippen molar-refractivity contribution in [1.29, 1.82) is 0 Å². The maximum atomic E-state index is 12.0. The topological polar surface area (TPSA) is 93.7 Å². The van der Waals surface area contributed by atoms with E-state index in [9.17, 15) is 14.4 Å². The smallest absolute Gasteiger partial charge is 0.407 e. The fourth-order valence-corrected chi connectivity index (χ4v) is 2.25. The van der Waals surface area contributed by atoms with E-state index in [-0.39, 0.29) is 31.5 Å². The van der Waals surface area contributed by atoms with E-state index < -0.39 is 17.7 Å². The molecule has 0 aliphatic carbocycles. The van der Waals surface area contributed by atoms with Gasteiger partial charge in [-0.3, -0.25) is 9.59 Å². The second-order valence-electron chi connectivity index (χ2n) is 7.28. The van der Waals surface area contributed by atoms with Crippen molar-refractivity contribution in [3.63, 3.8) is 0 Å². The molecule has 0 saturated heterocycles. The van der Waals surface area contributed by atoms with E-state index in [4.69, 9.17) is 9.47 Å². The van der Waals surface area contributed by atoms with Crippen LogP contribution in [0.25, 0.3) is 0 Å². The quantitative estimate of drug-likeness (QED) is 0.678. The third-order valence-electron chi connectivity index (χ3n) is 3.58. The molecule has 0 aliphatic rings. The Bertz CT molecular complexity index is 635. The summed E-state index contributed by atoms with van der Waals surface area (Å²) in [5, 5.41) is 5.31. The molecule has 7 nitrogen and oxygen atoms in total. The summed E-state index contributed by atoms with van der Waals surface area (Å²) in [6, 6.07) is 7.78. The van der Waals surface area contributed by atoms with Gasteiger partial charge in [0.1, 0.15) is 5.60 Å². The van der Waals surface area contributed by atoms with Crippen molar-refractivity contribution in [3.05, 3.63) is 35.4 Å². The standard InChI is InChI=1S/C20H30N2O5/c1-6-16(15-9-7-14(2)8-10-15)22-17(23)13-26-18(24)11-12-21-19(25)27-20(3,4)5/h7-10,16H,6,11-13H2,1-5H3,(H,21,25)(H,22,23)/t16-/m1/s1. The van der Waals surface area contributed by atoms with E-state index in [1.807, 2.05) is 38.1 Å². The molecule has 0 radical (unpaired) electrons. The first-order chi connectivity index (χ1) is 12.6. The van der Waals surface area contributed by atoms with Gasteiger partial charge in [-0.15, -0.1) is 0 Å². The summed E-state index contributed by atoms with van der Waals surface area (Å²) in [7, 11) is 0. The summed E-state index contributed by atoms with van der Waals surface area (Å²) in [4.78, 5) is 35.2. The van der Waals surface area contributed by atoms with Crippen LogP contribution < -0.4 is 10.6 Å². The maximum Gasteiger partial charge on any atom is 0.407 e. The number of alkyl carbamates (subject to hydrolysis) is 1. The largest absolute Gasteiger partial charge is 0.456 e. The zero-order valence-electron chi connectivity index (χ0n) is 16.8. The predicted molar refractivity (Wildman–Crippen MR) is 102 cm³/mol. The van der Waals surface area contributed by atoms with Crippen LogP contribution in [0.2, 0.25) is 0 Å². The molecule has 0 unspecified atom stereocenters. The maximum absolute atomic E-state index is 12.0. The van der Waals surface area contributed by atoms with Crippen molar-refractivity contribution in [2.75, 3.05) is 13.2 Å². The number of hydrogen-bond donors (Lipinski definition) is 2. The zero-order valence-corrected chi connectivity index (χ0v) is 16.8. The van der Waals surface area contributed by atoms with E-state index in [0.29, 0.717) is 0 Å². The lowest BCUT2D eigenvalue weighted by Gasteiger charge is -2.19. The highest BCUT2D eigenvalue weighted by Crippen LogP contribution is 2.17. The van der Waals surface area contributed by atoms with Crippen molar-refractivity contribution in [3.8, 4) is 0 Å². The normalized spacial score (nSPS) is 12.0. The number of benzene rings is 1. The molecule has 1 aromatic rings. The van der Waals surface area contributed by atoms with E-state index in [2.05, 4.69) is 10.6 Å². The third kappa shape index (κ3) is 9.63. The van der Waals surface area contributed by atoms with E-state index >= 15 is 0 Å². The van der Waals surface area contributed by atoms with Crippen LogP contribution in [0, 0.1) is 6.92 Å². The van der Waals surface area contributed by atoms with Gasteiger partial charge in [-0.05, 0) is 39.7 Å². The van der Waals surface area contributed by atoms with E-state index in [1.54, 1.807) is 20.8 Å². The molecule has 2 N–H and O–H groups in total. The fraction of sp³-hybridized carbons (Fsp3) is 0.550. The number of carbonyl (C=O) groups excluding carboxylic acids is 3. The lowest BCUT2D eigenvalue weighted by molar-refractivity contribution is -0.148. The van der Waals surface area contributed by atoms with Gasteiger partial charge in [0.05, 0.1) is 12.5 Å². The predicted octanol–water partition coefficient (Wildman–Crippen LogP) is 3.02. The van der Waals surface area contributed by atoms with Gasteiger partial charge in [-0.2, -0.15) is 0 Å². The molecule has 1 aromatic carbocycles. The average Bonchev–Trinajstić information content (AvgIpc) is 2.57.